The van der Waals surface area contributed by atoms with Crippen molar-refractivity contribution in [3.05, 3.63) is 58.4 Å². The summed E-state index contributed by atoms with van der Waals surface area (Å²) < 4.78 is 39.4. The van der Waals surface area contributed by atoms with Gasteiger partial charge in [-0.15, -0.1) is 5.10 Å². The number of furan rings is 1. The highest BCUT2D eigenvalue weighted by Gasteiger charge is 2.34. The molecule has 2 N–H and O–H groups in total. The number of fused-ring (bicyclic) bond motifs is 1. The van der Waals surface area contributed by atoms with Crippen LogP contribution in [0.5, 0.6) is 0 Å². The summed E-state index contributed by atoms with van der Waals surface area (Å²) in [6.45, 7) is 7.55. The number of nitrogens with zero attached hydrogens (tertiary/aromatic N) is 3. The molecule has 0 spiro atoms. The Morgan fingerprint density at radius 3 is 2.83 bits per heavy atom. The van der Waals surface area contributed by atoms with Gasteiger partial charge in [0.05, 0.1) is 12.8 Å². The number of carbonyl (C=O) groups is 1. The number of aryl methyl sites for hydroxylation is 1. The number of hydrogen-bond donors (Lipinski definition) is 2. The molecule has 8 nitrogen and oxygen atoms in total. The van der Waals surface area contributed by atoms with Gasteiger partial charge in [-0.25, -0.2) is 18.1 Å². The van der Waals surface area contributed by atoms with Gasteiger partial charge >= 0.3 is 6.09 Å². The zero-order valence-corrected chi connectivity index (χ0v) is 20.7. The first-order chi connectivity index (χ1) is 16.5. The molecule has 0 radical (unpaired) electrons. The summed E-state index contributed by atoms with van der Waals surface area (Å²) in [4.78, 5) is 16.9. The number of hydrogen-bond acceptors (Lipinski definition) is 6. The Morgan fingerprint density at radius 1 is 1.40 bits per heavy atom. The summed E-state index contributed by atoms with van der Waals surface area (Å²) in [6.07, 6.45) is 2.06. The van der Waals surface area contributed by atoms with E-state index < -0.39 is 24.2 Å². The molecule has 188 valence electrons. The van der Waals surface area contributed by atoms with Crippen molar-refractivity contribution in [1.82, 2.24) is 19.9 Å². The third kappa shape index (κ3) is 5.75. The molecule has 35 heavy (non-hydrogen) atoms. The van der Waals surface area contributed by atoms with E-state index in [4.69, 9.17) is 20.8 Å². The Balaban J connectivity index is 1.68. The number of rotatable bonds is 6. The Hall–Kier alpha value is -3.14. The van der Waals surface area contributed by atoms with Gasteiger partial charge in [0.2, 0.25) is 5.28 Å². The van der Waals surface area contributed by atoms with Gasteiger partial charge in [-0.05, 0) is 81.0 Å². The van der Waals surface area contributed by atoms with Crippen molar-refractivity contribution in [1.29, 1.82) is 0 Å². The van der Waals surface area contributed by atoms with E-state index in [9.17, 15) is 13.6 Å². The van der Waals surface area contributed by atoms with E-state index in [-0.39, 0.29) is 23.2 Å². The second-order valence-corrected chi connectivity index (χ2v) is 9.88. The van der Waals surface area contributed by atoms with E-state index in [1.165, 1.54) is 0 Å². The van der Waals surface area contributed by atoms with Crippen LogP contribution >= 0.6 is 11.6 Å². The Kier molecular flexibility index (Phi) is 7.02. The second-order valence-electron chi connectivity index (χ2n) is 9.54. The monoisotopic (exact) mass is 507 g/mol. The maximum Gasteiger partial charge on any atom is 0.407 e. The molecule has 4 rings (SSSR count). The highest BCUT2D eigenvalue weighted by atomic mass is 35.5. The molecule has 0 saturated carbocycles. The lowest BCUT2D eigenvalue weighted by molar-refractivity contribution is 0.0489. The van der Waals surface area contributed by atoms with Crippen molar-refractivity contribution in [2.45, 2.75) is 71.1 Å². The molecule has 0 saturated heterocycles. The molecule has 1 aliphatic rings. The molecule has 3 heterocycles. The fourth-order valence-electron chi connectivity index (χ4n) is 4.36. The zero-order chi connectivity index (χ0) is 25.3. The van der Waals surface area contributed by atoms with Gasteiger partial charge in [-0.3, -0.25) is 0 Å². The topological polar surface area (TPSA) is 93.7 Å². The molecule has 3 aromatic heterocycles. The first-order valence-electron chi connectivity index (χ1n) is 11.3. The summed E-state index contributed by atoms with van der Waals surface area (Å²) >= 11 is 6.17. The van der Waals surface area contributed by atoms with E-state index in [0.717, 1.165) is 16.9 Å². The standard InChI is InChI=1S/C24H28ClF2N5O3/c1-13-17(12-32-19(13)21(30-22(25)31-32)28-11-15-6-5-9-34-15)16-8-7-14(20(26)27)10-18(16)29-23(33)35-24(2,3)4/h5-7,9,12,16,18,20H,8,10-11H2,1-4H3,(H,29,33)(H,28,30,31). The molecule has 0 fully saturated rings. The van der Waals surface area contributed by atoms with Crippen LogP contribution in [0.4, 0.5) is 19.4 Å². The number of alkyl halides is 2. The summed E-state index contributed by atoms with van der Waals surface area (Å²) in [5, 5.41) is 10.4. The van der Waals surface area contributed by atoms with E-state index in [1.54, 1.807) is 43.7 Å². The molecule has 0 bridgehead atoms. The first-order valence-corrected chi connectivity index (χ1v) is 11.7. The van der Waals surface area contributed by atoms with E-state index in [0.29, 0.717) is 24.3 Å². The fraction of sp³-hybridized carbons (Fsp3) is 0.458. The van der Waals surface area contributed by atoms with Crippen LogP contribution in [0.3, 0.4) is 0 Å². The Morgan fingerprint density at radius 2 is 2.17 bits per heavy atom. The van der Waals surface area contributed by atoms with Crippen LogP contribution in [-0.4, -0.2) is 38.8 Å². The van der Waals surface area contributed by atoms with Crippen LogP contribution in [0.15, 0.2) is 40.7 Å². The number of nitrogens with one attached hydrogen (secondary N) is 2. The van der Waals surface area contributed by atoms with Crippen molar-refractivity contribution in [3.63, 3.8) is 0 Å². The minimum atomic E-state index is -2.59. The summed E-state index contributed by atoms with van der Waals surface area (Å²) in [5.41, 5.74) is 1.71. The molecule has 11 heteroatoms. The molecule has 1 amide bonds. The van der Waals surface area contributed by atoms with Crippen molar-refractivity contribution >= 4 is 29.0 Å². The van der Waals surface area contributed by atoms with Gasteiger partial charge in [0.1, 0.15) is 16.9 Å². The average molecular weight is 508 g/mol. The number of amides is 1. The van der Waals surface area contributed by atoms with Crippen LogP contribution in [-0.2, 0) is 11.3 Å². The zero-order valence-electron chi connectivity index (χ0n) is 19.9. The van der Waals surface area contributed by atoms with Crippen molar-refractivity contribution in [2.75, 3.05) is 5.32 Å². The van der Waals surface area contributed by atoms with Crippen LogP contribution in [0, 0.1) is 6.92 Å². The van der Waals surface area contributed by atoms with Gasteiger partial charge in [0.15, 0.2) is 5.82 Å². The molecule has 0 aromatic carbocycles. The van der Waals surface area contributed by atoms with Gasteiger partial charge < -0.3 is 19.8 Å². The largest absolute Gasteiger partial charge is 0.467 e. The number of ether oxygens (including phenoxy) is 1. The highest BCUT2D eigenvalue weighted by Crippen LogP contribution is 2.38. The van der Waals surface area contributed by atoms with E-state index in [2.05, 4.69) is 20.7 Å². The van der Waals surface area contributed by atoms with Gasteiger partial charge in [0.25, 0.3) is 6.43 Å². The summed E-state index contributed by atoms with van der Waals surface area (Å²) in [6, 6.07) is 3.05. The number of alkyl carbamates (subject to hydrolysis) is 1. The molecule has 1 aliphatic carbocycles. The minimum absolute atomic E-state index is 0.00682. The molecule has 2 atom stereocenters. The predicted molar refractivity (Wildman–Crippen MR) is 128 cm³/mol. The van der Waals surface area contributed by atoms with E-state index >= 15 is 0 Å². The third-order valence-corrected chi connectivity index (χ3v) is 6.02. The first kappa shape index (κ1) is 25.0. The Labute approximate surface area is 206 Å². The lowest BCUT2D eigenvalue weighted by Gasteiger charge is -2.33. The molecular formula is C24H28ClF2N5O3. The van der Waals surface area contributed by atoms with Crippen LogP contribution < -0.4 is 10.6 Å². The number of halogens is 3. The second kappa shape index (κ2) is 9.85. The van der Waals surface area contributed by atoms with Gasteiger partial charge in [-0.2, -0.15) is 4.98 Å². The molecule has 0 aliphatic heterocycles. The molecule has 3 aromatic rings. The Bertz CT molecular complexity index is 1230. The van der Waals surface area contributed by atoms with Crippen LogP contribution in [0.2, 0.25) is 5.28 Å². The lowest BCUT2D eigenvalue weighted by atomic mass is 9.80. The predicted octanol–water partition coefficient (Wildman–Crippen LogP) is 5.86. The lowest BCUT2D eigenvalue weighted by Crippen LogP contribution is -2.44. The van der Waals surface area contributed by atoms with Crippen LogP contribution in [0.25, 0.3) is 5.52 Å². The smallest absolute Gasteiger partial charge is 0.407 e. The normalized spacial score (nSPS) is 18.6. The maximum atomic E-state index is 13.5. The maximum absolute atomic E-state index is 13.5. The fourth-order valence-corrected chi connectivity index (χ4v) is 4.52. The number of carbonyl (C=O) groups excluding carboxylic acids is 1. The quantitative estimate of drug-likeness (QED) is 0.406. The summed E-state index contributed by atoms with van der Waals surface area (Å²) in [5.74, 6) is 0.964. The van der Waals surface area contributed by atoms with Gasteiger partial charge in [-0.1, -0.05) is 6.08 Å². The molecule has 2 unspecified atom stereocenters. The minimum Gasteiger partial charge on any atom is -0.467 e. The van der Waals surface area contributed by atoms with Crippen LogP contribution in [0.1, 0.15) is 56.4 Å². The number of allylic oxidation sites excluding steroid dienone is 1. The van der Waals surface area contributed by atoms with E-state index in [1.807, 2.05) is 19.2 Å². The van der Waals surface area contributed by atoms with Crippen molar-refractivity contribution in [2.24, 2.45) is 0 Å². The van der Waals surface area contributed by atoms with Crippen molar-refractivity contribution in [3.8, 4) is 0 Å². The average Bonchev–Trinajstić information content (AvgIpc) is 3.38. The van der Waals surface area contributed by atoms with Crippen molar-refractivity contribution < 1.29 is 22.7 Å². The number of aromatic nitrogens is 3. The van der Waals surface area contributed by atoms with Gasteiger partial charge in [0, 0.05) is 18.2 Å². The number of anilines is 1. The molecular weight excluding hydrogens is 480 g/mol. The highest BCUT2D eigenvalue weighted by molar-refractivity contribution is 6.28. The SMILES string of the molecule is Cc1c(C2CC=C(C(F)F)CC2NC(=O)OC(C)(C)C)cn2nc(Cl)nc(NCc3ccco3)c12. The summed E-state index contributed by atoms with van der Waals surface area (Å²) in [7, 11) is 0. The third-order valence-electron chi connectivity index (χ3n) is 5.86.